The quantitative estimate of drug-likeness (QED) is 0.654. The number of carbonyl (C=O) groups is 2. The zero-order chi connectivity index (χ0) is 9.64. The summed E-state index contributed by atoms with van der Waals surface area (Å²) in [5.74, 6) is -0.983. The van der Waals surface area contributed by atoms with Gasteiger partial charge in [0.25, 0.3) is 0 Å². The van der Waals surface area contributed by atoms with Crippen molar-refractivity contribution in [3.05, 3.63) is 0 Å². The Hall–Kier alpha value is -1.06. The second-order valence-corrected chi connectivity index (χ2v) is 4.13. The minimum atomic E-state index is -0.741. The van der Waals surface area contributed by atoms with E-state index < -0.39 is 5.97 Å². The number of aliphatic carboxylic acids is 1. The first-order valence-corrected chi connectivity index (χ1v) is 4.41. The molecule has 2 bridgehead atoms. The molecule has 0 aromatic carbocycles. The van der Waals surface area contributed by atoms with Crippen LogP contribution in [0.25, 0.3) is 0 Å². The summed E-state index contributed by atoms with van der Waals surface area (Å²) < 4.78 is 4.86. The number of ether oxygens (including phenoxy) is 1. The zero-order valence-electron chi connectivity index (χ0n) is 7.45. The fourth-order valence-corrected chi connectivity index (χ4v) is 2.57. The monoisotopic (exact) mass is 184 g/mol. The highest BCUT2D eigenvalue weighted by Gasteiger charge is 2.68. The first kappa shape index (κ1) is 8.53. The average Bonchev–Trinajstić information content (AvgIpc) is 1.78. The van der Waals surface area contributed by atoms with Crippen LogP contribution in [0.15, 0.2) is 0 Å². The summed E-state index contributed by atoms with van der Waals surface area (Å²) in [4.78, 5) is 21.3. The largest absolute Gasteiger partial charge is 0.481 e. The van der Waals surface area contributed by atoms with Gasteiger partial charge in [0.05, 0.1) is 12.5 Å². The molecule has 0 heterocycles. The molecule has 0 aliphatic heterocycles. The molecular weight excluding hydrogens is 172 g/mol. The third kappa shape index (κ3) is 1.04. The number of carbonyl (C=O) groups excluding carboxylic acids is 1. The van der Waals surface area contributed by atoms with Crippen LogP contribution in [0.2, 0.25) is 0 Å². The van der Waals surface area contributed by atoms with Crippen LogP contribution < -0.4 is 0 Å². The van der Waals surface area contributed by atoms with Crippen molar-refractivity contribution >= 4 is 11.9 Å². The van der Waals surface area contributed by atoms with E-state index in [1.807, 2.05) is 0 Å². The summed E-state index contributed by atoms with van der Waals surface area (Å²) in [5, 5.41) is 8.82. The van der Waals surface area contributed by atoms with Gasteiger partial charge in [-0.25, -0.2) is 0 Å². The number of rotatable bonds is 3. The fraction of sp³-hybridized carbons (Fsp3) is 0.778. The van der Waals surface area contributed by atoms with Crippen molar-refractivity contribution < 1.29 is 19.4 Å². The zero-order valence-corrected chi connectivity index (χ0v) is 7.45. The number of carboxylic acids is 1. The number of hydrogen-bond donors (Lipinski definition) is 1. The molecule has 3 aliphatic carbocycles. The van der Waals surface area contributed by atoms with Crippen molar-refractivity contribution in [1.82, 2.24) is 0 Å². The summed E-state index contributed by atoms with van der Waals surface area (Å²) in [6.45, 7) is 1.64. The van der Waals surface area contributed by atoms with E-state index in [0.717, 1.165) is 12.8 Å². The summed E-state index contributed by atoms with van der Waals surface area (Å²) in [6, 6.07) is 0. The normalized spacial score (nSPS) is 40.1. The molecule has 1 unspecified atom stereocenters. The lowest BCUT2D eigenvalue weighted by Gasteiger charge is -2.65. The smallest absolute Gasteiger partial charge is 0.307 e. The number of hydrogen-bond acceptors (Lipinski definition) is 3. The molecule has 0 saturated heterocycles. The van der Waals surface area contributed by atoms with E-state index in [2.05, 4.69) is 0 Å². The van der Waals surface area contributed by atoms with Crippen molar-refractivity contribution in [3.63, 3.8) is 0 Å². The fourth-order valence-electron chi connectivity index (χ4n) is 2.57. The molecule has 1 N–H and O–H groups in total. The summed E-state index contributed by atoms with van der Waals surface area (Å²) in [5.41, 5.74) is -0.206. The van der Waals surface area contributed by atoms with Gasteiger partial charge in [-0.05, 0) is 18.8 Å². The van der Waals surface area contributed by atoms with Crippen LogP contribution in [-0.4, -0.2) is 23.7 Å². The molecule has 0 aromatic heterocycles. The molecule has 72 valence electrons. The van der Waals surface area contributed by atoms with Crippen LogP contribution in [0.3, 0.4) is 0 Å². The molecule has 0 spiro atoms. The minimum absolute atomic E-state index is 0.206. The van der Waals surface area contributed by atoms with E-state index in [-0.39, 0.29) is 23.9 Å². The molecule has 0 radical (unpaired) electrons. The van der Waals surface area contributed by atoms with Gasteiger partial charge in [-0.3, -0.25) is 9.59 Å². The SMILES string of the molecule is CC(=O)OCC12CC(C1)C2C(=O)O. The van der Waals surface area contributed by atoms with E-state index in [0.29, 0.717) is 5.92 Å². The standard InChI is InChI=1S/C9H12O4/c1-5(10)13-4-9-2-6(3-9)7(9)8(11)12/h6-7H,2-4H2,1H3,(H,11,12). The van der Waals surface area contributed by atoms with Gasteiger partial charge in [0, 0.05) is 12.3 Å². The average molecular weight is 184 g/mol. The molecule has 0 aromatic rings. The maximum absolute atomic E-state index is 10.7. The van der Waals surface area contributed by atoms with Gasteiger partial charge in [0.15, 0.2) is 0 Å². The van der Waals surface area contributed by atoms with Gasteiger partial charge >= 0.3 is 11.9 Å². The first-order valence-electron chi connectivity index (χ1n) is 4.41. The van der Waals surface area contributed by atoms with Crippen LogP contribution in [0.5, 0.6) is 0 Å². The van der Waals surface area contributed by atoms with E-state index in [9.17, 15) is 9.59 Å². The van der Waals surface area contributed by atoms with Gasteiger partial charge in [-0.15, -0.1) is 0 Å². The van der Waals surface area contributed by atoms with Gasteiger partial charge in [0.2, 0.25) is 0 Å². The Kier molecular flexibility index (Phi) is 1.62. The van der Waals surface area contributed by atoms with Crippen LogP contribution in [-0.2, 0) is 14.3 Å². The van der Waals surface area contributed by atoms with E-state index >= 15 is 0 Å². The van der Waals surface area contributed by atoms with E-state index in [1.54, 1.807) is 0 Å². The van der Waals surface area contributed by atoms with Gasteiger partial charge in [-0.1, -0.05) is 0 Å². The summed E-state index contributed by atoms with van der Waals surface area (Å²) in [7, 11) is 0. The second-order valence-electron chi connectivity index (χ2n) is 4.13. The molecule has 4 heteroatoms. The Labute approximate surface area is 75.9 Å². The van der Waals surface area contributed by atoms with Crippen molar-refractivity contribution in [3.8, 4) is 0 Å². The lowest BCUT2D eigenvalue weighted by Crippen LogP contribution is -2.66. The molecule has 0 amide bonds. The molecule has 3 saturated carbocycles. The Morgan fingerprint density at radius 1 is 1.54 bits per heavy atom. The molecule has 3 fully saturated rings. The minimum Gasteiger partial charge on any atom is -0.481 e. The highest BCUT2D eigenvalue weighted by molar-refractivity contribution is 5.75. The van der Waals surface area contributed by atoms with Gasteiger partial charge in [0.1, 0.15) is 0 Å². The van der Waals surface area contributed by atoms with Gasteiger partial charge < -0.3 is 9.84 Å². The predicted molar refractivity (Wildman–Crippen MR) is 42.9 cm³/mol. The number of esters is 1. The maximum Gasteiger partial charge on any atom is 0.307 e. The Morgan fingerprint density at radius 2 is 2.15 bits per heavy atom. The van der Waals surface area contributed by atoms with Crippen molar-refractivity contribution in [2.75, 3.05) is 6.61 Å². The molecule has 3 rings (SSSR count). The lowest BCUT2D eigenvalue weighted by molar-refractivity contribution is -0.229. The molecule has 4 nitrogen and oxygen atoms in total. The molecule has 13 heavy (non-hydrogen) atoms. The summed E-state index contributed by atoms with van der Waals surface area (Å²) >= 11 is 0. The third-order valence-corrected chi connectivity index (χ3v) is 3.30. The van der Waals surface area contributed by atoms with Gasteiger partial charge in [-0.2, -0.15) is 0 Å². The highest BCUT2D eigenvalue weighted by Crippen LogP contribution is 2.68. The topological polar surface area (TPSA) is 63.6 Å². The Bertz CT molecular complexity index is 265. The Morgan fingerprint density at radius 3 is 2.46 bits per heavy atom. The van der Waals surface area contributed by atoms with Crippen molar-refractivity contribution in [1.29, 1.82) is 0 Å². The van der Waals surface area contributed by atoms with Crippen molar-refractivity contribution in [2.24, 2.45) is 17.3 Å². The Balaban J connectivity index is 1.92. The molecule has 1 atom stereocenters. The molecule has 3 aliphatic rings. The summed E-state index contributed by atoms with van der Waals surface area (Å²) in [6.07, 6.45) is 1.83. The lowest BCUT2D eigenvalue weighted by atomic mass is 9.38. The molecular formula is C9H12O4. The first-order chi connectivity index (χ1) is 6.05. The van der Waals surface area contributed by atoms with Crippen LogP contribution in [0.1, 0.15) is 19.8 Å². The maximum atomic E-state index is 10.7. The predicted octanol–water partition coefficient (Wildman–Crippen LogP) is 0.660. The highest BCUT2D eigenvalue weighted by atomic mass is 16.5. The van der Waals surface area contributed by atoms with Crippen molar-refractivity contribution in [2.45, 2.75) is 19.8 Å². The van der Waals surface area contributed by atoms with Crippen LogP contribution in [0.4, 0.5) is 0 Å². The second kappa shape index (κ2) is 2.47. The van der Waals surface area contributed by atoms with E-state index in [1.165, 1.54) is 6.92 Å². The van der Waals surface area contributed by atoms with Crippen LogP contribution >= 0.6 is 0 Å². The third-order valence-electron chi connectivity index (χ3n) is 3.30. The van der Waals surface area contributed by atoms with Crippen LogP contribution in [0, 0.1) is 17.3 Å². The number of carboxylic acid groups (broad SMARTS) is 1. The van der Waals surface area contributed by atoms with E-state index in [4.69, 9.17) is 9.84 Å².